The third-order valence-corrected chi connectivity index (χ3v) is 7.82. The lowest BCUT2D eigenvalue weighted by Crippen LogP contribution is -2.50. The Labute approximate surface area is 204 Å². The Bertz CT molecular complexity index is 1120. The van der Waals surface area contributed by atoms with E-state index in [4.69, 9.17) is 0 Å². The quantitative estimate of drug-likeness (QED) is 0.559. The third-order valence-electron chi connectivity index (χ3n) is 7.82. The number of nitrogens with zero attached hydrogens (tertiary/aromatic N) is 4. The molecule has 1 aliphatic carbocycles. The van der Waals surface area contributed by atoms with Crippen LogP contribution in [0.5, 0.6) is 5.75 Å². The molecule has 1 aliphatic heterocycles. The number of pyridine rings is 1. The lowest BCUT2D eigenvalue weighted by molar-refractivity contribution is 0.145. The molecule has 1 atom stereocenters. The number of fused-ring (bicyclic) bond motifs is 2. The van der Waals surface area contributed by atoms with Gasteiger partial charge in [0.15, 0.2) is 0 Å². The average molecular weight is 459 g/mol. The van der Waals surface area contributed by atoms with Crippen molar-refractivity contribution in [2.24, 2.45) is 0 Å². The highest BCUT2D eigenvalue weighted by Gasteiger charge is 2.26. The third kappa shape index (κ3) is 4.77. The van der Waals surface area contributed by atoms with Crippen LogP contribution in [0.3, 0.4) is 0 Å². The maximum Gasteiger partial charge on any atom is 0.119 e. The topological polar surface area (TPSA) is 42.8 Å². The number of aromatic nitrogens is 1. The Morgan fingerprint density at radius 3 is 2.68 bits per heavy atom. The van der Waals surface area contributed by atoms with Crippen molar-refractivity contribution >= 4 is 16.6 Å². The molecule has 34 heavy (non-hydrogen) atoms. The van der Waals surface area contributed by atoms with Crippen LogP contribution in [0, 0.1) is 6.92 Å². The predicted molar refractivity (Wildman–Crippen MR) is 141 cm³/mol. The van der Waals surface area contributed by atoms with Crippen molar-refractivity contribution in [2.75, 3.05) is 50.7 Å². The van der Waals surface area contributed by atoms with Crippen LogP contribution in [0.1, 0.15) is 36.5 Å². The number of aromatic hydroxyl groups is 1. The molecule has 5 nitrogen and oxygen atoms in total. The highest BCUT2D eigenvalue weighted by atomic mass is 16.3. The van der Waals surface area contributed by atoms with Crippen molar-refractivity contribution < 1.29 is 5.11 Å². The largest absolute Gasteiger partial charge is 0.508 e. The maximum atomic E-state index is 10.2. The second kappa shape index (κ2) is 10.3. The van der Waals surface area contributed by atoms with Crippen LogP contribution in [0.2, 0.25) is 0 Å². The summed E-state index contributed by atoms with van der Waals surface area (Å²) in [6.07, 6.45) is 6.34. The molecule has 0 bridgehead atoms. The lowest BCUT2D eigenvalue weighted by atomic mass is 9.87. The van der Waals surface area contributed by atoms with Gasteiger partial charge >= 0.3 is 0 Å². The fourth-order valence-electron chi connectivity index (χ4n) is 5.91. The molecule has 1 unspecified atom stereocenters. The first-order chi connectivity index (χ1) is 16.6. The van der Waals surface area contributed by atoms with Gasteiger partial charge in [0, 0.05) is 62.6 Å². The zero-order valence-electron chi connectivity index (χ0n) is 20.7. The Hall–Kier alpha value is -2.63. The van der Waals surface area contributed by atoms with Gasteiger partial charge in [0.05, 0.1) is 5.52 Å². The zero-order chi connectivity index (χ0) is 23.5. The van der Waals surface area contributed by atoms with E-state index in [9.17, 15) is 5.11 Å². The molecule has 0 amide bonds. The van der Waals surface area contributed by atoms with Crippen LogP contribution in [0.25, 0.3) is 10.9 Å². The first-order valence-electron chi connectivity index (χ1n) is 13.0. The van der Waals surface area contributed by atoms with Gasteiger partial charge in [0.1, 0.15) is 5.75 Å². The number of anilines is 1. The van der Waals surface area contributed by atoms with Gasteiger partial charge in [0.2, 0.25) is 0 Å². The standard InChI is InChI=1S/C29H38N4O/c1-3-14-32(24-10-11-25-23(21-24)7-5-9-28(25)34)18-15-31-16-19-33(20-17-31)27-12-13-30-29-22(2)6-4-8-26(27)29/h4-9,12-13,24,34H,3,10-11,14-21H2,1-2H3. The van der Waals surface area contributed by atoms with E-state index in [-0.39, 0.29) is 0 Å². The van der Waals surface area contributed by atoms with E-state index in [2.05, 4.69) is 63.9 Å². The summed E-state index contributed by atoms with van der Waals surface area (Å²) in [6.45, 7) is 12.2. The summed E-state index contributed by atoms with van der Waals surface area (Å²) in [5, 5.41) is 11.5. The Morgan fingerprint density at radius 2 is 1.85 bits per heavy atom. The first-order valence-corrected chi connectivity index (χ1v) is 13.0. The first kappa shape index (κ1) is 23.1. The molecule has 1 fully saturated rings. The van der Waals surface area contributed by atoms with Gasteiger partial charge in [-0.05, 0) is 68.0 Å². The molecule has 1 N–H and O–H groups in total. The molecular formula is C29H38N4O. The van der Waals surface area contributed by atoms with Gasteiger partial charge in [-0.1, -0.05) is 37.3 Å². The summed E-state index contributed by atoms with van der Waals surface area (Å²) >= 11 is 0. The van der Waals surface area contributed by atoms with E-state index < -0.39 is 0 Å². The molecule has 0 saturated carbocycles. The molecule has 5 rings (SSSR count). The number of piperazine rings is 1. The summed E-state index contributed by atoms with van der Waals surface area (Å²) in [4.78, 5) is 12.5. The molecule has 180 valence electrons. The van der Waals surface area contributed by atoms with Crippen molar-refractivity contribution in [2.45, 2.75) is 45.6 Å². The van der Waals surface area contributed by atoms with Gasteiger partial charge in [0.25, 0.3) is 0 Å². The lowest BCUT2D eigenvalue weighted by Gasteiger charge is -2.39. The van der Waals surface area contributed by atoms with Crippen molar-refractivity contribution in [1.29, 1.82) is 0 Å². The van der Waals surface area contributed by atoms with E-state index in [0.717, 1.165) is 70.6 Å². The van der Waals surface area contributed by atoms with Crippen LogP contribution < -0.4 is 4.90 Å². The predicted octanol–water partition coefficient (Wildman–Crippen LogP) is 4.64. The van der Waals surface area contributed by atoms with Crippen molar-refractivity contribution in [3.8, 4) is 5.75 Å². The molecule has 2 aromatic carbocycles. The van der Waals surface area contributed by atoms with E-state index in [1.54, 1.807) is 0 Å². The average Bonchev–Trinajstić information content (AvgIpc) is 2.87. The van der Waals surface area contributed by atoms with E-state index in [1.165, 1.54) is 34.2 Å². The molecule has 1 aromatic heterocycles. The fourth-order valence-corrected chi connectivity index (χ4v) is 5.91. The van der Waals surface area contributed by atoms with E-state index in [1.807, 2.05) is 18.3 Å². The summed E-state index contributed by atoms with van der Waals surface area (Å²) in [7, 11) is 0. The van der Waals surface area contributed by atoms with Crippen LogP contribution in [-0.4, -0.2) is 71.7 Å². The van der Waals surface area contributed by atoms with Gasteiger partial charge in [-0.25, -0.2) is 0 Å². The number of hydrogen-bond acceptors (Lipinski definition) is 5. The van der Waals surface area contributed by atoms with E-state index in [0.29, 0.717) is 11.8 Å². The highest BCUT2D eigenvalue weighted by Crippen LogP contribution is 2.31. The van der Waals surface area contributed by atoms with Gasteiger partial charge in [-0.15, -0.1) is 0 Å². The molecule has 0 radical (unpaired) electrons. The van der Waals surface area contributed by atoms with E-state index >= 15 is 0 Å². The Balaban J connectivity index is 1.18. The maximum absolute atomic E-state index is 10.2. The van der Waals surface area contributed by atoms with Crippen molar-refractivity contribution in [1.82, 2.24) is 14.8 Å². The highest BCUT2D eigenvalue weighted by molar-refractivity contribution is 5.93. The molecule has 5 heteroatoms. The number of benzene rings is 2. The molecule has 2 heterocycles. The number of rotatable bonds is 7. The normalized spacial score (nSPS) is 19.0. The van der Waals surface area contributed by atoms with Crippen LogP contribution in [0.15, 0.2) is 48.7 Å². The van der Waals surface area contributed by atoms with Gasteiger partial charge in [-0.2, -0.15) is 0 Å². The summed E-state index contributed by atoms with van der Waals surface area (Å²) in [6, 6.07) is 15.3. The minimum Gasteiger partial charge on any atom is -0.508 e. The Kier molecular flexibility index (Phi) is 7.02. The zero-order valence-corrected chi connectivity index (χ0v) is 20.7. The minimum atomic E-state index is 0.480. The van der Waals surface area contributed by atoms with Gasteiger partial charge in [-0.3, -0.25) is 14.8 Å². The fraction of sp³-hybridized carbons (Fsp3) is 0.483. The number of phenols is 1. The van der Waals surface area contributed by atoms with Gasteiger partial charge < -0.3 is 10.0 Å². The van der Waals surface area contributed by atoms with Crippen LogP contribution >= 0.6 is 0 Å². The number of hydrogen-bond donors (Lipinski definition) is 1. The monoisotopic (exact) mass is 458 g/mol. The summed E-state index contributed by atoms with van der Waals surface area (Å²) in [5.74, 6) is 0.480. The molecule has 3 aromatic rings. The number of aryl methyl sites for hydroxylation is 1. The molecule has 1 saturated heterocycles. The summed E-state index contributed by atoms with van der Waals surface area (Å²) < 4.78 is 0. The smallest absolute Gasteiger partial charge is 0.119 e. The minimum absolute atomic E-state index is 0.480. The van der Waals surface area contributed by atoms with Crippen LogP contribution in [-0.2, 0) is 12.8 Å². The van der Waals surface area contributed by atoms with Crippen LogP contribution in [0.4, 0.5) is 5.69 Å². The SMILES string of the molecule is CCCN(CCN1CCN(c2ccnc3c(C)cccc23)CC1)C1CCc2c(O)cccc2C1. The van der Waals surface area contributed by atoms with Crippen molar-refractivity contribution in [3.05, 3.63) is 65.4 Å². The molecular weight excluding hydrogens is 420 g/mol. The van der Waals surface area contributed by atoms with Crippen molar-refractivity contribution in [3.63, 3.8) is 0 Å². The molecule has 2 aliphatic rings. The number of para-hydroxylation sites is 1. The Morgan fingerprint density at radius 1 is 1.03 bits per heavy atom. The second-order valence-corrected chi connectivity index (χ2v) is 9.98. The summed E-state index contributed by atoms with van der Waals surface area (Å²) in [5.41, 5.74) is 6.20. The molecule has 0 spiro atoms. The second-order valence-electron chi connectivity index (χ2n) is 9.98. The number of phenolic OH excluding ortho intramolecular Hbond substituents is 1.